The van der Waals surface area contributed by atoms with Crippen LogP contribution in [0.5, 0.6) is 0 Å². The van der Waals surface area contributed by atoms with E-state index in [2.05, 4.69) is 65.7 Å². The van der Waals surface area contributed by atoms with Gasteiger partial charge >= 0.3 is 0 Å². The number of nitrogens with zero attached hydrogens (tertiary/aromatic N) is 1. The molecule has 2 saturated heterocycles. The second-order valence-corrected chi connectivity index (χ2v) is 9.55. The molecule has 0 bridgehead atoms. The van der Waals surface area contributed by atoms with Gasteiger partial charge in [0.2, 0.25) is 5.91 Å². The highest BCUT2D eigenvalue weighted by Gasteiger charge is 2.51. The minimum Gasteiger partial charge on any atom is -0.342 e. The summed E-state index contributed by atoms with van der Waals surface area (Å²) in [5.41, 5.74) is 5.78. The summed E-state index contributed by atoms with van der Waals surface area (Å²) in [7, 11) is 0. The first-order valence-corrected chi connectivity index (χ1v) is 11.9. The van der Waals surface area contributed by atoms with Crippen LogP contribution in [0.4, 0.5) is 0 Å². The fraction of sp³-hybridized carbons (Fsp3) is 0.519. The molecule has 1 N–H and O–H groups in total. The van der Waals surface area contributed by atoms with E-state index >= 15 is 0 Å². The van der Waals surface area contributed by atoms with E-state index in [-0.39, 0.29) is 11.3 Å². The molecular formula is C27H34N2O. The number of likely N-dealkylation sites (tertiary alicyclic amines) is 1. The summed E-state index contributed by atoms with van der Waals surface area (Å²) in [5.74, 6) is 1.06. The van der Waals surface area contributed by atoms with Crippen molar-refractivity contribution < 1.29 is 4.79 Å². The lowest BCUT2D eigenvalue weighted by molar-refractivity contribution is -0.138. The first-order chi connectivity index (χ1) is 14.7. The fourth-order valence-electron chi connectivity index (χ4n) is 6.29. The summed E-state index contributed by atoms with van der Waals surface area (Å²) in [6.07, 6.45) is 6.74. The minimum absolute atomic E-state index is 0.00673. The van der Waals surface area contributed by atoms with Crippen LogP contribution in [0.1, 0.15) is 60.8 Å². The molecule has 2 aromatic rings. The summed E-state index contributed by atoms with van der Waals surface area (Å²) >= 11 is 0. The summed E-state index contributed by atoms with van der Waals surface area (Å²) in [4.78, 5) is 15.9. The van der Waals surface area contributed by atoms with E-state index in [0.717, 1.165) is 58.3 Å². The maximum absolute atomic E-state index is 13.7. The Labute approximate surface area is 180 Å². The number of piperidine rings is 1. The number of hydrogen-bond donors (Lipinski definition) is 1. The SMILES string of the molecule is CCc1ccc2c(c1)CCC[C@]21CNC[C@H]1C(=O)N1CCC(c2ccccc2)CC1. The van der Waals surface area contributed by atoms with Crippen LogP contribution in [0, 0.1) is 5.92 Å². The number of carbonyl (C=O) groups excluding carboxylic acids is 1. The lowest BCUT2D eigenvalue weighted by Crippen LogP contribution is -2.49. The van der Waals surface area contributed by atoms with Crippen LogP contribution in [0.15, 0.2) is 48.5 Å². The van der Waals surface area contributed by atoms with Crippen LogP contribution >= 0.6 is 0 Å². The summed E-state index contributed by atoms with van der Waals surface area (Å²) in [6, 6.07) is 17.9. The normalized spacial score (nSPS) is 26.7. The number of amides is 1. The van der Waals surface area contributed by atoms with Crippen LogP contribution in [0.25, 0.3) is 0 Å². The lowest BCUT2D eigenvalue weighted by atomic mass is 9.64. The number of benzene rings is 2. The van der Waals surface area contributed by atoms with Crippen molar-refractivity contribution in [1.29, 1.82) is 0 Å². The van der Waals surface area contributed by atoms with E-state index in [1.807, 2.05) is 0 Å². The molecule has 5 rings (SSSR count). The largest absolute Gasteiger partial charge is 0.342 e. The Morgan fingerprint density at radius 3 is 2.70 bits per heavy atom. The predicted octanol–water partition coefficient (Wildman–Crippen LogP) is 4.45. The molecule has 1 spiro atoms. The smallest absolute Gasteiger partial charge is 0.227 e. The molecule has 1 amide bonds. The summed E-state index contributed by atoms with van der Waals surface area (Å²) in [6.45, 7) is 5.79. The highest BCUT2D eigenvalue weighted by Crippen LogP contribution is 2.46. The average molecular weight is 403 g/mol. The average Bonchev–Trinajstić information content (AvgIpc) is 3.23. The second kappa shape index (κ2) is 8.19. The highest BCUT2D eigenvalue weighted by molar-refractivity contribution is 5.82. The van der Waals surface area contributed by atoms with Crippen molar-refractivity contribution in [3.05, 3.63) is 70.8 Å². The van der Waals surface area contributed by atoms with Crippen molar-refractivity contribution in [2.75, 3.05) is 26.2 Å². The third kappa shape index (κ3) is 3.37. The quantitative estimate of drug-likeness (QED) is 0.823. The molecule has 2 fully saturated rings. The first-order valence-electron chi connectivity index (χ1n) is 11.9. The Kier molecular flexibility index (Phi) is 5.41. The van der Waals surface area contributed by atoms with Crippen molar-refractivity contribution in [3.63, 3.8) is 0 Å². The van der Waals surface area contributed by atoms with E-state index in [9.17, 15) is 4.79 Å². The number of hydrogen-bond acceptors (Lipinski definition) is 2. The van der Waals surface area contributed by atoms with Crippen LogP contribution in [-0.2, 0) is 23.1 Å². The van der Waals surface area contributed by atoms with Crippen molar-refractivity contribution >= 4 is 5.91 Å². The first kappa shape index (κ1) is 19.8. The van der Waals surface area contributed by atoms with Gasteiger partial charge in [0.1, 0.15) is 0 Å². The Hall–Kier alpha value is -2.13. The van der Waals surface area contributed by atoms with Gasteiger partial charge in [0, 0.05) is 31.6 Å². The topological polar surface area (TPSA) is 32.3 Å². The molecule has 3 aliphatic rings. The zero-order valence-electron chi connectivity index (χ0n) is 18.2. The van der Waals surface area contributed by atoms with Crippen molar-refractivity contribution in [2.24, 2.45) is 5.92 Å². The Morgan fingerprint density at radius 2 is 1.93 bits per heavy atom. The van der Waals surface area contributed by atoms with Gasteiger partial charge in [0.15, 0.2) is 0 Å². The Bertz CT molecular complexity index is 900. The number of aryl methyl sites for hydroxylation is 2. The molecule has 2 atom stereocenters. The molecule has 158 valence electrons. The number of rotatable bonds is 3. The van der Waals surface area contributed by atoms with Gasteiger partial charge in [-0.2, -0.15) is 0 Å². The van der Waals surface area contributed by atoms with E-state index in [0.29, 0.717) is 11.8 Å². The summed E-state index contributed by atoms with van der Waals surface area (Å²) < 4.78 is 0. The number of nitrogens with one attached hydrogen (secondary N) is 1. The molecule has 0 saturated carbocycles. The molecule has 0 unspecified atom stereocenters. The van der Waals surface area contributed by atoms with Crippen LogP contribution in [-0.4, -0.2) is 37.0 Å². The Morgan fingerprint density at radius 1 is 1.13 bits per heavy atom. The van der Waals surface area contributed by atoms with E-state index < -0.39 is 0 Å². The molecular weight excluding hydrogens is 368 g/mol. The van der Waals surface area contributed by atoms with Crippen LogP contribution < -0.4 is 5.32 Å². The van der Waals surface area contributed by atoms with Gasteiger partial charge in [-0.1, -0.05) is 55.5 Å². The summed E-state index contributed by atoms with van der Waals surface area (Å²) in [5, 5.41) is 3.61. The minimum atomic E-state index is -0.00673. The molecule has 0 aromatic heterocycles. The monoisotopic (exact) mass is 402 g/mol. The zero-order valence-corrected chi connectivity index (χ0v) is 18.2. The molecule has 2 heterocycles. The van der Waals surface area contributed by atoms with Gasteiger partial charge in [0.05, 0.1) is 5.92 Å². The third-order valence-corrected chi connectivity index (χ3v) is 8.01. The fourth-order valence-corrected chi connectivity index (χ4v) is 6.29. The maximum atomic E-state index is 13.7. The Balaban J connectivity index is 1.35. The van der Waals surface area contributed by atoms with Gasteiger partial charge in [-0.3, -0.25) is 4.79 Å². The second-order valence-electron chi connectivity index (χ2n) is 9.55. The van der Waals surface area contributed by atoms with Crippen molar-refractivity contribution in [2.45, 2.75) is 56.8 Å². The van der Waals surface area contributed by atoms with Gasteiger partial charge in [-0.15, -0.1) is 0 Å². The highest BCUT2D eigenvalue weighted by atomic mass is 16.2. The van der Waals surface area contributed by atoms with Gasteiger partial charge in [-0.25, -0.2) is 0 Å². The number of carbonyl (C=O) groups is 1. The molecule has 3 heteroatoms. The van der Waals surface area contributed by atoms with Crippen molar-refractivity contribution in [3.8, 4) is 0 Å². The van der Waals surface area contributed by atoms with E-state index in [4.69, 9.17) is 0 Å². The molecule has 0 radical (unpaired) electrons. The standard InChI is InChI=1S/C27H34N2O/c1-2-20-10-11-24-23(17-20)9-6-14-27(24)19-28-18-25(27)26(30)29-15-12-22(13-16-29)21-7-4-3-5-8-21/h3-5,7-8,10-11,17,22,25,28H,2,6,9,12-16,18-19H2,1H3/t25-,27-/m0/s1. The van der Waals surface area contributed by atoms with Gasteiger partial charge in [0.25, 0.3) is 0 Å². The maximum Gasteiger partial charge on any atom is 0.227 e. The van der Waals surface area contributed by atoms with E-state index in [1.54, 1.807) is 0 Å². The van der Waals surface area contributed by atoms with Gasteiger partial charge < -0.3 is 10.2 Å². The molecule has 1 aliphatic carbocycles. The van der Waals surface area contributed by atoms with E-state index in [1.165, 1.54) is 28.7 Å². The molecule has 3 nitrogen and oxygen atoms in total. The van der Waals surface area contributed by atoms with Gasteiger partial charge in [-0.05, 0) is 66.7 Å². The van der Waals surface area contributed by atoms with Crippen molar-refractivity contribution in [1.82, 2.24) is 10.2 Å². The molecule has 2 aromatic carbocycles. The lowest BCUT2D eigenvalue weighted by Gasteiger charge is -2.42. The molecule has 30 heavy (non-hydrogen) atoms. The van der Waals surface area contributed by atoms with Crippen LogP contribution in [0.3, 0.4) is 0 Å². The predicted molar refractivity (Wildman–Crippen MR) is 122 cm³/mol. The van der Waals surface area contributed by atoms with Crippen LogP contribution in [0.2, 0.25) is 0 Å². The molecule has 2 aliphatic heterocycles. The third-order valence-electron chi connectivity index (χ3n) is 8.01. The zero-order chi connectivity index (χ0) is 20.6. The number of fused-ring (bicyclic) bond motifs is 2.